The van der Waals surface area contributed by atoms with E-state index < -0.39 is 42.2 Å². The number of fused-ring (bicyclic) bond motifs is 2. The summed E-state index contributed by atoms with van der Waals surface area (Å²) in [5, 5.41) is 23.8. The highest BCUT2D eigenvalue weighted by molar-refractivity contribution is 6.47. The third-order valence-corrected chi connectivity index (χ3v) is 7.66. The zero-order chi connectivity index (χ0) is 23.7. The lowest BCUT2D eigenvalue weighted by atomic mass is 10.00. The van der Waals surface area contributed by atoms with Gasteiger partial charge in [0.25, 0.3) is 5.91 Å². The lowest BCUT2D eigenvalue weighted by Crippen LogP contribution is -2.40. The molecule has 6 rings (SSSR count). The number of carbonyl (C=O) groups excluding carboxylic acids is 1. The molecule has 2 aliphatic carbocycles. The number of hydrogen-bond acceptors (Lipinski definition) is 7. The third kappa shape index (κ3) is 3.23. The van der Waals surface area contributed by atoms with E-state index >= 15 is 0 Å². The lowest BCUT2D eigenvalue weighted by molar-refractivity contribution is -0.125. The number of hydrogen-bond donors (Lipinski definition) is 3. The Kier molecular flexibility index (Phi) is 4.93. The van der Waals surface area contributed by atoms with Crippen molar-refractivity contribution in [1.29, 1.82) is 0 Å². The summed E-state index contributed by atoms with van der Waals surface area (Å²) >= 11 is 0. The number of aliphatic hydroxyl groups is 2. The highest BCUT2D eigenvalue weighted by Crippen LogP contribution is 2.53. The summed E-state index contributed by atoms with van der Waals surface area (Å²) in [6, 6.07) is 3.79. The average molecular weight is 469 g/mol. The fourth-order valence-corrected chi connectivity index (χ4v) is 5.79. The van der Waals surface area contributed by atoms with E-state index in [2.05, 4.69) is 20.3 Å². The van der Waals surface area contributed by atoms with Crippen LogP contribution in [0.25, 0.3) is 0 Å². The van der Waals surface area contributed by atoms with Crippen molar-refractivity contribution in [2.24, 2.45) is 16.8 Å². The van der Waals surface area contributed by atoms with Crippen LogP contribution >= 0.6 is 0 Å². The van der Waals surface area contributed by atoms with Crippen LogP contribution in [0.1, 0.15) is 41.3 Å². The summed E-state index contributed by atoms with van der Waals surface area (Å²) in [6.45, 7) is 1.66. The van der Waals surface area contributed by atoms with Crippen molar-refractivity contribution in [3.8, 4) is 0 Å². The maximum atomic E-state index is 14.9. The van der Waals surface area contributed by atoms with Crippen LogP contribution in [0, 0.1) is 24.6 Å². The van der Waals surface area contributed by atoms with E-state index in [0.29, 0.717) is 22.6 Å². The van der Waals surface area contributed by atoms with E-state index in [0.717, 1.165) is 6.42 Å². The minimum atomic E-state index is -1.28. The van der Waals surface area contributed by atoms with Gasteiger partial charge in [-0.3, -0.25) is 9.79 Å². The first-order valence-electron chi connectivity index (χ1n) is 11.6. The molecule has 1 aromatic heterocycles. The van der Waals surface area contributed by atoms with Crippen molar-refractivity contribution in [2.75, 3.05) is 11.9 Å². The van der Waals surface area contributed by atoms with Crippen molar-refractivity contribution >= 4 is 17.4 Å². The van der Waals surface area contributed by atoms with E-state index in [1.807, 2.05) is 0 Å². The number of carbonyl (C=O) groups is 1. The van der Waals surface area contributed by atoms with Crippen molar-refractivity contribution in [2.45, 2.75) is 56.8 Å². The van der Waals surface area contributed by atoms with Crippen LogP contribution in [0.5, 0.6) is 0 Å². The zero-order valence-electron chi connectivity index (χ0n) is 18.5. The normalized spacial score (nSPS) is 33.5. The number of aromatic nitrogens is 2. The second kappa shape index (κ2) is 7.78. The van der Waals surface area contributed by atoms with Gasteiger partial charge in [0, 0.05) is 12.0 Å². The summed E-state index contributed by atoms with van der Waals surface area (Å²) < 4.78 is 29.4. The van der Waals surface area contributed by atoms with Gasteiger partial charge in [-0.2, -0.15) is 0 Å². The van der Waals surface area contributed by atoms with Gasteiger partial charge in [0.1, 0.15) is 35.9 Å². The van der Waals surface area contributed by atoms with Gasteiger partial charge in [0.15, 0.2) is 0 Å². The topological polar surface area (TPSA) is 111 Å². The zero-order valence-corrected chi connectivity index (χ0v) is 18.5. The lowest BCUT2D eigenvalue weighted by Gasteiger charge is -2.26. The smallest absolute Gasteiger partial charge is 0.273 e. The van der Waals surface area contributed by atoms with Gasteiger partial charge >= 0.3 is 0 Å². The Morgan fingerprint density at radius 2 is 2.00 bits per heavy atom. The van der Waals surface area contributed by atoms with Gasteiger partial charge in [-0.05, 0) is 30.7 Å². The second-order valence-electron chi connectivity index (χ2n) is 9.71. The summed E-state index contributed by atoms with van der Waals surface area (Å²) in [6.07, 6.45) is -0.808. The Bertz CT molecular complexity index is 1210. The molecule has 0 radical (unpaired) electrons. The molecular formula is C24H25F2N5O3. The van der Waals surface area contributed by atoms with Gasteiger partial charge in [-0.1, -0.05) is 18.2 Å². The Hall–Kier alpha value is -2.98. The number of amides is 1. The number of aliphatic hydroxyl groups excluding tert-OH is 2. The first-order valence-corrected chi connectivity index (χ1v) is 11.6. The summed E-state index contributed by atoms with van der Waals surface area (Å²) in [5.74, 6) is -0.390. The van der Waals surface area contributed by atoms with Gasteiger partial charge in [-0.15, -0.1) is 0 Å². The number of nitrogens with one attached hydrogen (secondary N) is 1. The first kappa shape index (κ1) is 21.5. The van der Waals surface area contributed by atoms with Crippen molar-refractivity contribution < 1.29 is 23.8 Å². The molecule has 178 valence electrons. The third-order valence-electron chi connectivity index (χ3n) is 7.66. The van der Waals surface area contributed by atoms with E-state index in [9.17, 15) is 23.8 Å². The first-order chi connectivity index (χ1) is 16.3. The summed E-state index contributed by atoms with van der Waals surface area (Å²) in [7, 11) is 0. The van der Waals surface area contributed by atoms with Crippen LogP contribution in [0.4, 0.5) is 14.6 Å². The number of benzene rings is 1. The Balaban J connectivity index is 1.31. The van der Waals surface area contributed by atoms with E-state index in [1.54, 1.807) is 25.1 Å². The van der Waals surface area contributed by atoms with E-state index in [1.165, 1.54) is 11.2 Å². The molecule has 3 fully saturated rings. The van der Waals surface area contributed by atoms with Gasteiger partial charge in [-0.25, -0.2) is 18.7 Å². The highest BCUT2D eigenvalue weighted by atomic mass is 19.1. The molecule has 7 atom stereocenters. The molecule has 1 aromatic carbocycles. The predicted molar refractivity (Wildman–Crippen MR) is 118 cm³/mol. The predicted octanol–water partition coefficient (Wildman–Crippen LogP) is 1.69. The molecule has 4 aliphatic rings. The number of halogens is 2. The SMILES string of the molecule is Cc1cccc([C@H]2C[C@H](F)CN2C(=O)C2=NCc3ncnc(N[C@H]4[C@H](O)[C@H](O)[C@@H]5C[C@@H]54)c32)c1F. The summed E-state index contributed by atoms with van der Waals surface area (Å²) in [5.41, 5.74) is 1.80. The van der Waals surface area contributed by atoms with E-state index in [-0.39, 0.29) is 42.6 Å². The number of aliphatic imine (C=N–C) groups is 1. The standard InChI is InChI=1S/C24H25F2N5O3/c1-10-3-2-4-12(18(10)26)16-5-11(25)8-31(16)24(34)20-17-15(7-27-20)28-9-29-23(17)30-19-13-6-14(13)21(32)22(19)33/h2-4,9,11,13-14,16,19,21-22,32-33H,5-8H2,1H3,(H,28,29,30)/t11-,13-,14+,16+,19+,21+,22-/m0/s1. The Morgan fingerprint density at radius 3 is 2.76 bits per heavy atom. The molecule has 10 heteroatoms. The van der Waals surface area contributed by atoms with Crippen molar-refractivity contribution in [3.63, 3.8) is 0 Å². The Morgan fingerprint density at radius 1 is 1.18 bits per heavy atom. The monoisotopic (exact) mass is 469 g/mol. The molecule has 2 aliphatic heterocycles. The van der Waals surface area contributed by atoms with Crippen molar-refractivity contribution in [3.05, 3.63) is 52.7 Å². The van der Waals surface area contributed by atoms with Crippen LogP contribution < -0.4 is 5.32 Å². The second-order valence-corrected chi connectivity index (χ2v) is 9.71. The molecule has 2 saturated carbocycles. The quantitative estimate of drug-likeness (QED) is 0.629. The van der Waals surface area contributed by atoms with Crippen LogP contribution in [-0.2, 0) is 11.3 Å². The maximum absolute atomic E-state index is 14.9. The van der Waals surface area contributed by atoms with Gasteiger partial charge in [0.2, 0.25) is 0 Å². The molecule has 0 bridgehead atoms. The van der Waals surface area contributed by atoms with Crippen LogP contribution in [0.3, 0.4) is 0 Å². The number of aryl methyl sites for hydroxylation is 1. The molecule has 2 aromatic rings. The maximum Gasteiger partial charge on any atom is 0.273 e. The molecule has 34 heavy (non-hydrogen) atoms. The van der Waals surface area contributed by atoms with Gasteiger partial charge in [0.05, 0.1) is 42.5 Å². The fourth-order valence-electron chi connectivity index (χ4n) is 5.79. The minimum absolute atomic E-state index is 0.0118. The number of likely N-dealkylation sites (tertiary alicyclic amines) is 1. The molecule has 1 amide bonds. The molecule has 8 nitrogen and oxygen atoms in total. The molecule has 0 unspecified atom stereocenters. The average Bonchev–Trinajstić information content (AvgIpc) is 3.22. The molecule has 3 N–H and O–H groups in total. The number of anilines is 1. The number of rotatable bonds is 4. The summed E-state index contributed by atoms with van der Waals surface area (Å²) in [4.78, 5) is 27.9. The number of nitrogens with zero attached hydrogens (tertiary/aromatic N) is 4. The fraction of sp³-hybridized carbons (Fsp3) is 0.500. The Labute approximate surface area is 194 Å². The molecular weight excluding hydrogens is 444 g/mol. The van der Waals surface area contributed by atoms with Crippen LogP contribution in [-0.4, -0.2) is 67.7 Å². The molecule has 0 spiro atoms. The minimum Gasteiger partial charge on any atom is -0.390 e. The number of alkyl halides is 1. The highest BCUT2D eigenvalue weighted by Gasteiger charge is 2.59. The molecule has 1 saturated heterocycles. The van der Waals surface area contributed by atoms with Crippen molar-refractivity contribution in [1.82, 2.24) is 14.9 Å². The van der Waals surface area contributed by atoms with Gasteiger partial charge < -0.3 is 20.4 Å². The van der Waals surface area contributed by atoms with E-state index in [4.69, 9.17) is 0 Å². The van der Waals surface area contributed by atoms with Crippen LogP contribution in [0.15, 0.2) is 29.5 Å². The largest absolute Gasteiger partial charge is 0.390 e. The van der Waals surface area contributed by atoms with Crippen LogP contribution in [0.2, 0.25) is 0 Å². The molecule has 3 heterocycles.